The summed E-state index contributed by atoms with van der Waals surface area (Å²) in [6, 6.07) is 30.3. The molecule has 4 aromatic carbocycles. The average Bonchev–Trinajstić information content (AvgIpc) is 3.33. The van der Waals surface area contributed by atoms with Crippen LogP contribution in [0, 0.1) is 6.92 Å². The first-order valence-electron chi connectivity index (χ1n) is 11.6. The van der Waals surface area contributed by atoms with Crippen LogP contribution >= 0.6 is 0 Å². The molecule has 2 amide bonds. The van der Waals surface area contributed by atoms with Gasteiger partial charge in [0.2, 0.25) is 5.91 Å². The minimum atomic E-state index is -0.270. The van der Waals surface area contributed by atoms with E-state index in [1.165, 1.54) is 6.08 Å². The Bertz CT molecular complexity index is 1570. The number of aryl methyl sites for hydroxylation is 1. The molecule has 0 radical (unpaired) electrons. The zero-order valence-corrected chi connectivity index (χ0v) is 19.7. The first-order valence-corrected chi connectivity index (χ1v) is 11.6. The van der Waals surface area contributed by atoms with Crippen molar-refractivity contribution < 1.29 is 9.59 Å². The number of H-pyrrole nitrogens is 1. The first-order chi connectivity index (χ1) is 17.5. The smallest absolute Gasteiger partial charge is 0.256 e. The van der Waals surface area contributed by atoms with E-state index in [2.05, 4.69) is 20.6 Å². The van der Waals surface area contributed by atoms with Crippen LogP contribution < -0.4 is 10.6 Å². The maximum absolute atomic E-state index is 13.1. The summed E-state index contributed by atoms with van der Waals surface area (Å²) in [4.78, 5) is 33.4. The molecule has 1 heterocycles. The molecule has 5 aromatic rings. The SMILES string of the molecule is Cc1ccc(NC(=O)/C=C/c2ccccc2)cc1C(=O)Nc1ccc2nc(-c3ccccc3)[nH]c2c1. The van der Waals surface area contributed by atoms with Crippen LogP contribution in [0.4, 0.5) is 11.4 Å². The second-order valence-corrected chi connectivity index (χ2v) is 8.40. The number of benzene rings is 4. The van der Waals surface area contributed by atoms with Crippen LogP contribution in [0.1, 0.15) is 21.5 Å². The molecule has 3 N–H and O–H groups in total. The van der Waals surface area contributed by atoms with E-state index in [-0.39, 0.29) is 11.8 Å². The highest BCUT2D eigenvalue weighted by molar-refractivity contribution is 6.08. The summed E-state index contributed by atoms with van der Waals surface area (Å²) in [5, 5.41) is 5.78. The Labute approximate surface area is 208 Å². The monoisotopic (exact) mass is 472 g/mol. The lowest BCUT2D eigenvalue weighted by Crippen LogP contribution is -2.15. The van der Waals surface area contributed by atoms with Gasteiger partial charge in [-0.25, -0.2) is 4.98 Å². The number of amides is 2. The van der Waals surface area contributed by atoms with Crippen molar-refractivity contribution in [1.29, 1.82) is 0 Å². The molecular weight excluding hydrogens is 448 g/mol. The number of aromatic nitrogens is 2. The number of anilines is 2. The van der Waals surface area contributed by atoms with Gasteiger partial charge in [-0.15, -0.1) is 0 Å². The molecule has 0 aliphatic carbocycles. The topological polar surface area (TPSA) is 86.9 Å². The molecule has 6 nitrogen and oxygen atoms in total. The molecule has 0 atom stereocenters. The third-order valence-corrected chi connectivity index (χ3v) is 5.76. The Balaban J connectivity index is 1.30. The second kappa shape index (κ2) is 10.1. The summed E-state index contributed by atoms with van der Waals surface area (Å²) in [5.74, 6) is 0.244. The lowest BCUT2D eigenvalue weighted by molar-refractivity contribution is -0.111. The lowest BCUT2D eigenvalue weighted by atomic mass is 10.1. The zero-order chi connectivity index (χ0) is 24.9. The standard InChI is InChI=1S/C30H24N4O2/c1-20-12-14-23(31-28(35)17-13-21-8-4-2-5-9-21)18-25(20)30(36)32-24-15-16-26-27(19-24)34-29(33-26)22-10-6-3-7-11-22/h2-19H,1H3,(H,31,35)(H,32,36)(H,33,34)/b17-13+. The van der Waals surface area contributed by atoms with E-state index in [0.717, 1.165) is 33.5 Å². The number of fused-ring (bicyclic) bond motifs is 1. The average molecular weight is 473 g/mol. The minimum absolute atomic E-state index is 0.259. The van der Waals surface area contributed by atoms with Gasteiger partial charge in [-0.3, -0.25) is 9.59 Å². The molecule has 5 rings (SSSR count). The van der Waals surface area contributed by atoms with Crippen LogP contribution in [0.25, 0.3) is 28.5 Å². The van der Waals surface area contributed by atoms with E-state index >= 15 is 0 Å². The van der Waals surface area contributed by atoms with Gasteiger partial charge in [-0.1, -0.05) is 66.7 Å². The Hall–Kier alpha value is -4.97. The summed E-state index contributed by atoms with van der Waals surface area (Å²) in [7, 11) is 0. The van der Waals surface area contributed by atoms with Crippen molar-refractivity contribution in [2.75, 3.05) is 10.6 Å². The summed E-state index contributed by atoms with van der Waals surface area (Å²) in [6.07, 6.45) is 3.21. The number of rotatable bonds is 6. The molecule has 0 aliphatic heterocycles. The first kappa shape index (κ1) is 22.8. The van der Waals surface area contributed by atoms with E-state index in [1.807, 2.05) is 91.9 Å². The van der Waals surface area contributed by atoms with Crippen molar-refractivity contribution >= 4 is 40.3 Å². The van der Waals surface area contributed by atoms with Crippen LogP contribution in [-0.2, 0) is 4.79 Å². The van der Waals surface area contributed by atoms with E-state index in [4.69, 9.17) is 0 Å². The number of aromatic amines is 1. The molecule has 0 fully saturated rings. The number of nitrogens with zero attached hydrogens (tertiary/aromatic N) is 1. The van der Waals surface area contributed by atoms with E-state index in [1.54, 1.807) is 18.2 Å². The Morgan fingerprint density at radius 1 is 0.806 bits per heavy atom. The van der Waals surface area contributed by atoms with Gasteiger partial charge in [-0.2, -0.15) is 0 Å². The maximum Gasteiger partial charge on any atom is 0.256 e. The molecule has 176 valence electrons. The fraction of sp³-hybridized carbons (Fsp3) is 0.0333. The lowest BCUT2D eigenvalue weighted by Gasteiger charge is -2.10. The third-order valence-electron chi connectivity index (χ3n) is 5.76. The second-order valence-electron chi connectivity index (χ2n) is 8.40. The fourth-order valence-corrected chi connectivity index (χ4v) is 3.88. The molecule has 0 bridgehead atoms. The maximum atomic E-state index is 13.1. The summed E-state index contributed by atoms with van der Waals surface area (Å²) in [5.41, 5.74) is 6.05. The number of imidazole rings is 1. The Morgan fingerprint density at radius 3 is 2.28 bits per heavy atom. The number of hydrogen-bond donors (Lipinski definition) is 3. The van der Waals surface area contributed by atoms with Gasteiger partial charge in [0.25, 0.3) is 5.91 Å². The van der Waals surface area contributed by atoms with E-state index < -0.39 is 0 Å². The van der Waals surface area contributed by atoms with Crippen molar-refractivity contribution in [1.82, 2.24) is 9.97 Å². The third kappa shape index (κ3) is 5.23. The Kier molecular flexibility index (Phi) is 6.40. The normalized spacial score (nSPS) is 11.0. The molecule has 0 unspecified atom stereocenters. The van der Waals surface area contributed by atoms with Crippen LogP contribution in [0.3, 0.4) is 0 Å². The van der Waals surface area contributed by atoms with Gasteiger partial charge in [0.1, 0.15) is 5.82 Å². The summed E-state index contributed by atoms with van der Waals surface area (Å²) in [6.45, 7) is 1.86. The van der Waals surface area contributed by atoms with E-state index in [9.17, 15) is 9.59 Å². The molecule has 1 aromatic heterocycles. The molecule has 0 saturated heterocycles. The number of nitrogens with one attached hydrogen (secondary N) is 3. The molecule has 0 spiro atoms. The predicted molar refractivity (Wildman–Crippen MR) is 145 cm³/mol. The van der Waals surface area contributed by atoms with Crippen molar-refractivity contribution in [2.45, 2.75) is 6.92 Å². The highest BCUT2D eigenvalue weighted by Crippen LogP contribution is 2.24. The molecular formula is C30H24N4O2. The van der Waals surface area contributed by atoms with Crippen LogP contribution in [0.2, 0.25) is 0 Å². The summed E-state index contributed by atoms with van der Waals surface area (Å²) >= 11 is 0. The van der Waals surface area contributed by atoms with Crippen molar-refractivity contribution in [3.8, 4) is 11.4 Å². The zero-order valence-electron chi connectivity index (χ0n) is 19.7. The highest BCUT2D eigenvalue weighted by atomic mass is 16.2. The number of hydrogen-bond acceptors (Lipinski definition) is 3. The van der Waals surface area contributed by atoms with Crippen molar-refractivity contribution in [2.24, 2.45) is 0 Å². The molecule has 0 saturated carbocycles. The molecule has 6 heteroatoms. The van der Waals surface area contributed by atoms with Gasteiger partial charge in [-0.05, 0) is 54.5 Å². The van der Waals surface area contributed by atoms with E-state index in [0.29, 0.717) is 16.9 Å². The largest absolute Gasteiger partial charge is 0.338 e. The number of carbonyl (C=O) groups excluding carboxylic acids is 2. The number of carbonyl (C=O) groups is 2. The van der Waals surface area contributed by atoms with Crippen LogP contribution in [-0.4, -0.2) is 21.8 Å². The summed E-state index contributed by atoms with van der Waals surface area (Å²) < 4.78 is 0. The molecule has 0 aliphatic rings. The van der Waals surface area contributed by atoms with Gasteiger partial charge < -0.3 is 15.6 Å². The van der Waals surface area contributed by atoms with Gasteiger partial charge in [0.15, 0.2) is 0 Å². The van der Waals surface area contributed by atoms with Gasteiger partial charge in [0.05, 0.1) is 11.0 Å². The molecule has 36 heavy (non-hydrogen) atoms. The predicted octanol–water partition coefficient (Wildman–Crippen LogP) is 6.44. The highest BCUT2D eigenvalue weighted by Gasteiger charge is 2.13. The van der Waals surface area contributed by atoms with Gasteiger partial charge >= 0.3 is 0 Å². The Morgan fingerprint density at radius 2 is 1.50 bits per heavy atom. The van der Waals surface area contributed by atoms with Crippen LogP contribution in [0.5, 0.6) is 0 Å². The minimum Gasteiger partial charge on any atom is -0.338 e. The van der Waals surface area contributed by atoms with Crippen LogP contribution in [0.15, 0.2) is 103 Å². The van der Waals surface area contributed by atoms with Crippen molar-refractivity contribution in [3.05, 3.63) is 120 Å². The quantitative estimate of drug-likeness (QED) is 0.249. The van der Waals surface area contributed by atoms with Gasteiger partial charge in [0, 0.05) is 28.6 Å². The van der Waals surface area contributed by atoms with Crippen molar-refractivity contribution in [3.63, 3.8) is 0 Å². The fourth-order valence-electron chi connectivity index (χ4n) is 3.88.